The highest BCUT2D eigenvalue weighted by atomic mass is 35.5. The van der Waals surface area contributed by atoms with Gasteiger partial charge in [-0.05, 0) is 53.6 Å². The van der Waals surface area contributed by atoms with Gasteiger partial charge in [0, 0.05) is 22.8 Å². The molecule has 0 fully saturated rings. The van der Waals surface area contributed by atoms with E-state index in [9.17, 15) is 27.6 Å². The first-order chi connectivity index (χ1) is 17.5. The number of carbonyl (C=O) groups excluding carboxylic acids is 3. The van der Waals surface area contributed by atoms with E-state index in [1.54, 1.807) is 36.4 Å². The predicted octanol–water partition coefficient (Wildman–Crippen LogP) is 5.72. The summed E-state index contributed by atoms with van der Waals surface area (Å²) in [7, 11) is 0. The second-order valence-electron chi connectivity index (χ2n) is 8.10. The number of benzene rings is 3. The summed E-state index contributed by atoms with van der Waals surface area (Å²) in [5.74, 6) is -1.77. The van der Waals surface area contributed by atoms with E-state index in [-0.39, 0.29) is 35.1 Å². The molecule has 4 rings (SSSR count). The molecule has 0 unspecified atom stereocenters. The lowest BCUT2D eigenvalue weighted by Gasteiger charge is -2.15. The van der Waals surface area contributed by atoms with Gasteiger partial charge >= 0.3 is 6.18 Å². The van der Waals surface area contributed by atoms with Crippen LogP contribution in [0.3, 0.4) is 0 Å². The maximum absolute atomic E-state index is 12.9. The molecule has 0 saturated heterocycles. The van der Waals surface area contributed by atoms with Gasteiger partial charge < -0.3 is 10.6 Å². The molecular formula is C26H18Cl2F3N3O3. The van der Waals surface area contributed by atoms with Crippen LogP contribution in [0.25, 0.3) is 0 Å². The van der Waals surface area contributed by atoms with E-state index in [2.05, 4.69) is 10.6 Å². The molecule has 0 bridgehead atoms. The molecule has 1 aliphatic rings. The van der Waals surface area contributed by atoms with Crippen LogP contribution in [0.5, 0.6) is 0 Å². The number of halogens is 5. The zero-order valence-corrected chi connectivity index (χ0v) is 20.4. The van der Waals surface area contributed by atoms with Gasteiger partial charge in [-0.1, -0.05) is 53.5 Å². The number of imide groups is 1. The highest BCUT2D eigenvalue weighted by Crippen LogP contribution is 2.31. The van der Waals surface area contributed by atoms with Gasteiger partial charge in [-0.15, -0.1) is 0 Å². The number of hydrogen-bond donors (Lipinski definition) is 2. The Labute approximate surface area is 219 Å². The molecular weight excluding hydrogens is 530 g/mol. The third-order valence-corrected chi connectivity index (χ3v) is 6.10. The maximum Gasteiger partial charge on any atom is 0.416 e. The largest absolute Gasteiger partial charge is 0.416 e. The van der Waals surface area contributed by atoms with Gasteiger partial charge in [-0.3, -0.25) is 19.3 Å². The second kappa shape index (κ2) is 10.7. The number of nitrogens with one attached hydrogen (secondary N) is 2. The summed E-state index contributed by atoms with van der Waals surface area (Å²) in [5, 5.41) is 5.61. The standard InChI is InChI=1S/C26H18Cl2F3N3O3/c27-19-10-6-16(7-11-19)14-34-24(36)21(28)22(25(34)37)32-13-15-4-8-17(9-5-15)23(35)33-20-3-1-2-18(12-20)26(29,30)31/h1-12,32H,13-14H2,(H,33,35). The van der Waals surface area contributed by atoms with Crippen molar-refractivity contribution in [2.75, 3.05) is 5.32 Å². The van der Waals surface area contributed by atoms with Crippen molar-refractivity contribution >= 4 is 46.6 Å². The molecule has 0 spiro atoms. The van der Waals surface area contributed by atoms with E-state index in [4.69, 9.17) is 23.2 Å². The Hall–Kier alpha value is -3.82. The highest BCUT2D eigenvalue weighted by molar-refractivity contribution is 6.47. The fourth-order valence-electron chi connectivity index (χ4n) is 3.56. The second-order valence-corrected chi connectivity index (χ2v) is 8.91. The van der Waals surface area contributed by atoms with Crippen LogP contribution in [0.1, 0.15) is 27.0 Å². The fraction of sp³-hybridized carbons (Fsp3) is 0.115. The Bertz CT molecular complexity index is 1390. The Morgan fingerprint density at radius 2 is 1.51 bits per heavy atom. The third-order valence-electron chi connectivity index (χ3n) is 5.50. The van der Waals surface area contributed by atoms with Crippen LogP contribution in [0.2, 0.25) is 5.02 Å². The molecule has 3 aromatic carbocycles. The zero-order valence-electron chi connectivity index (χ0n) is 18.9. The summed E-state index contributed by atoms with van der Waals surface area (Å²) in [6.45, 7) is 0.167. The minimum Gasteiger partial charge on any atom is -0.375 e. The molecule has 0 atom stereocenters. The number of alkyl halides is 3. The molecule has 11 heteroatoms. The first-order valence-electron chi connectivity index (χ1n) is 10.8. The van der Waals surface area contributed by atoms with Crippen molar-refractivity contribution in [3.8, 4) is 0 Å². The van der Waals surface area contributed by atoms with Gasteiger partial charge in [0.15, 0.2) is 0 Å². The van der Waals surface area contributed by atoms with E-state index in [1.807, 2.05) is 0 Å². The molecule has 2 N–H and O–H groups in total. The van der Waals surface area contributed by atoms with Crippen LogP contribution >= 0.6 is 23.2 Å². The molecule has 0 radical (unpaired) electrons. The van der Waals surface area contributed by atoms with Crippen molar-refractivity contribution in [3.63, 3.8) is 0 Å². The van der Waals surface area contributed by atoms with Crippen molar-refractivity contribution in [1.29, 1.82) is 0 Å². The quantitative estimate of drug-likeness (QED) is 0.371. The SMILES string of the molecule is O=C(Nc1cccc(C(F)(F)F)c1)c1ccc(CNC2=C(Cl)C(=O)N(Cc3ccc(Cl)cc3)C2=O)cc1. The van der Waals surface area contributed by atoms with Crippen LogP contribution in [0.4, 0.5) is 18.9 Å². The van der Waals surface area contributed by atoms with Gasteiger partial charge in [-0.25, -0.2) is 0 Å². The van der Waals surface area contributed by atoms with Gasteiger partial charge in [-0.2, -0.15) is 13.2 Å². The molecule has 37 heavy (non-hydrogen) atoms. The average molecular weight is 548 g/mol. The topological polar surface area (TPSA) is 78.5 Å². The minimum atomic E-state index is -4.52. The monoisotopic (exact) mass is 547 g/mol. The van der Waals surface area contributed by atoms with E-state index in [0.717, 1.165) is 17.0 Å². The Balaban J connectivity index is 1.36. The van der Waals surface area contributed by atoms with Crippen LogP contribution in [-0.2, 0) is 28.9 Å². The molecule has 0 saturated carbocycles. The summed E-state index contributed by atoms with van der Waals surface area (Å²) in [6.07, 6.45) is -4.52. The third kappa shape index (κ3) is 6.12. The average Bonchev–Trinajstić information content (AvgIpc) is 3.06. The first kappa shape index (κ1) is 26.2. The molecule has 0 aromatic heterocycles. The molecule has 0 aliphatic carbocycles. The smallest absolute Gasteiger partial charge is 0.375 e. The van der Waals surface area contributed by atoms with E-state index >= 15 is 0 Å². The van der Waals surface area contributed by atoms with Crippen molar-refractivity contribution in [2.45, 2.75) is 19.3 Å². The number of rotatable bonds is 7. The van der Waals surface area contributed by atoms with Gasteiger partial charge in [0.1, 0.15) is 10.7 Å². The zero-order chi connectivity index (χ0) is 26.7. The van der Waals surface area contributed by atoms with Crippen LogP contribution < -0.4 is 10.6 Å². The number of hydrogen-bond acceptors (Lipinski definition) is 4. The minimum absolute atomic E-state index is 0.0136. The summed E-state index contributed by atoms with van der Waals surface area (Å²) in [4.78, 5) is 38.7. The molecule has 1 heterocycles. The number of carbonyl (C=O) groups is 3. The highest BCUT2D eigenvalue weighted by Gasteiger charge is 2.37. The van der Waals surface area contributed by atoms with Crippen LogP contribution in [0.15, 0.2) is 83.5 Å². The molecule has 190 valence electrons. The van der Waals surface area contributed by atoms with Crippen molar-refractivity contribution in [1.82, 2.24) is 10.2 Å². The number of amides is 3. The summed E-state index contributed by atoms with van der Waals surface area (Å²) < 4.78 is 38.6. The number of nitrogens with zero attached hydrogens (tertiary/aromatic N) is 1. The molecule has 1 aliphatic heterocycles. The fourth-order valence-corrected chi connectivity index (χ4v) is 3.93. The Morgan fingerprint density at radius 3 is 2.16 bits per heavy atom. The normalized spacial score (nSPS) is 13.8. The van der Waals surface area contributed by atoms with E-state index in [1.165, 1.54) is 24.3 Å². The van der Waals surface area contributed by atoms with Crippen molar-refractivity contribution < 1.29 is 27.6 Å². The molecule has 6 nitrogen and oxygen atoms in total. The van der Waals surface area contributed by atoms with Crippen molar-refractivity contribution in [2.24, 2.45) is 0 Å². The molecule has 3 aromatic rings. The van der Waals surface area contributed by atoms with Crippen molar-refractivity contribution in [3.05, 3.63) is 111 Å². The van der Waals surface area contributed by atoms with Gasteiger partial charge in [0.25, 0.3) is 17.7 Å². The predicted molar refractivity (Wildman–Crippen MR) is 133 cm³/mol. The molecule has 3 amide bonds. The Kier molecular flexibility index (Phi) is 7.56. The lowest BCUT2D eigenvalue weighted by molar-refractivity contribution is -0.139. The summed E-state index contributed by atoms with van der Waals surface area (Å²) in [6, 6.07) is 17.2. The van der Waals surface area contributed by atoms with Gasteiger partial charge in [0.2, 0.25) is 0 Å². The Morgan fingerprint density at radius 1 is 0.865 bits per heavy atom. The summed E-state index contributed by atoms with van der Waals surface area (Å²) in [5.41, 5.74) is 0.706. The lowest BCUT2D eigenvalue weighted by Crippen LogP contribution is -2.33. The van der Waals surface area contributed by atoms with E-state index in [0.29, 0.717) is 16.1 Å². The maximum atomic E-state index is 12.9. The lowest BCUT2D eigenvalue weighted by atomic mass is 10.1. The first-order valence-corrected chi connectivity index (χ1v) is 11.6. The van der Waals surface area contributed by atoms with Gasteiger partial charge in [0.05, 0.1) is 12.1 Å². The van der Waals surface area contributed by atoms with Crippen LogP contribution in [-0.4, -0.2) is 22.6 Å². The van der Waals surface area contributed by atoms with E-state index < -0.39 is 29.5 Å². The van der Waals surface area contributed by atoms with Crippen LogP contribution in [0, 0.1) is 0 Å². The summed E-state index contributed by atoms with van der Waals surface area (Å²) >= 11 is 12.0. The number of anilines is 1.